The van der Waals surface area contributed by atoms with Crippen LogP contribution in [0.25, 0.3) is 0 Å². The highest BCUT2D eigenvalue weighted by Gasteiger charge is 2.35. The van der Waals surface area contributed by atoms with E-state index in [1.54, 1.807) is 18.2 Å². The van der Waals surface area contributed by atoms with Crippen LogP contribution in [0.4, 0.5) is 15.8 Å². The predicted molar refractivity (Wildman–Crippen MR) is 132 cm³/mol. The molecule has 1 saturated heterocycles. The van der Waals surface area contributed by atoms with Crippen LogP contribution in [0.1, 0.15) is 12.0 Å². The lowest BCUT2D eigenvalue weighted by molar-refractivity contribution is -0.125. The zero-order valence-corrected chi connectivity index (χ0v) is 20.2. The van der Waals surface area contributed by atoms with Crippen LogP contribution in [-0.4, -0.2) is 25.5 Å². The zero-order chi connectivity index (χ0) is 24.9. The predicted octanol–water partition coefficient (Wildman–Crippen LogP) is 5.22. The quantitative estimate of drug-likeness (QED) is 0.400. The number of halogens is 3. The van der Waals surface area contributed by atoms with Gasteiger partial charge in [0.05, 0.1) is 23.7 Å². The van der Waals surface area contributed by atoms with Crippen molar-refractivity contribution in [2.24, 2.45) is 5.92 Å². The second-order valence-electron chi connectivity index (χ2n) is 7.87. The first-order valence-corrected chi connectivity index (χ1v) is 11.5. The summed E-state index contributed by atoms with van der Waals surface area (Å²) in [4.78, 5) is 26.5. The third-order valence-electron chi connectivity index (χ3n) is 5.52. The molecular formula is C25H22Cl2FN3O4. The van der Waals surface area contributed by atoms with Crippen molar-refractivity contribution < 1.29 is 23.5 Å². The zero-order valence-electron chi connectivity index (χ0n) is 18.7. The minimum atomic E-state index is -0.573. The minimum absolute atomic E-state index is 0.0454. The number of ether oxygens (including phenoxy) is 2. The highest BCUT2D eigenvalue weighted by atomic mass is 35.5. The molecule has 182 valence electrons. The summed E-state index contributed by atoms with van der Waals surface area (Å²) < 4.78 is 24.4. The molecule has 1 atom stereocenters. The Bertz CT molecular complexity index is 1240. The summed E-state index contributed by atoms with van der Waals surface area (Å²) in [7, 11) is 1.48. The third kappa shape index (κ3) is 5.78. The summed E-state index contributed by atoms with van der Waals surface area (Å²) in [6, 6.07) is 16.1. The Balaban J connectivity index is 1.38. The van der Waals surface area contributed by atoms with Crippen LogP contribution < -0.4 is 25.2 Å². The van der Waals surface area contributed by atoms with Crippen molar-refractivity contribution in [3.05, 3.63) is 82.1 Å². The lowest BCUT2D eigenvalue weighted by atomic mass is 10.1. The molecule has 1 heterocycles. The van der Waals surface area contributed by atoms with Gasteiger partial charge in [-0.05, 0) is 36.4 Å². The molecule has 4 rings (SSSR count). The van der Waals surface area contributed by atoms with Gasteiger partial charge in [0, 0.05) is 35.3 Å². The highest BCUT2D eigenvalue weighted by Crippen LogP contribution is 2.39. The molecule has 35 heavy (non-hydrogen) atoms. The van der Waals surface area contributed by atoms with Gasteiger partial charge in [-0.1, -0.05) is 41.4 Å². The monoisotopic (exact) mass is 517 g/mol. The van der Waals surface area contributed by atoms with Gasteiger partial charge in [-0.15, -0.1) is 0 Å². The molecule has 0 unspecified atom stereocenters. The Morgan fingerprint density at radius 2 is 1.86 bits per heavy atom. The van der Waals surface area contributed by atoms with Crippen molar-refractivity contribution in [2.75, 3.05) is 24.0 Å². The van der Waals surface area contributed by atoms with E-state index >= 15 is 0 Å². The van der Waals surface area contributed by atoms with Gasteiger partial charge in [0.1, 0.15) is 12.4 Å². The Hall–Kier alpha value is -3.49. The first-order valence-electron chi connectivity index (χ1n) is 10.7. The molecule has 2 amide bonds. The lowest BCUT2D eigenvalue weighted by Crippen LogP contribution is -2.36. The van der Waals surface area contributed by atoms with Gasteiger partial charge in [-0.3, -0.25) is 20.4 Å². The fraction of sp³-hybridized carbons (Fsp3) is 0.200. The molecule has 0 radical (unpaired) electrons. The smallest absolute Gasteiger partial charge is 0.243 e. The number of anilines is 2. The number of carbonyl (C=O) groups is 2. The molecule has 10 heteroatoms. The number of hydrogen-bond donors (Lipinski definition) is 2. The number of rotatable bonds is 8. The average Bonchev–Trinajstić information content (AvgIpc) is 3.24. The summed E-state index contributed by atoms with van der Waals surface area (Å²) in [6.07, 6.45) is 0.0454. The topological polar surface area (TPSA) is 79.9 Å². The number of nitrogens with zero attached hydrogens (tertiary/aromatic N) is 1. The maximum atomic E-state index is 13.2. The Morgan fingerprint density at radius 1 is 1.11 bits per heavy atom. The molecule has 0 aromatic heterocycles. The van der Waals surface area contributed by atoms with Crippen LogP contribution in [0, 0.1) is 11.7 Å². The Labute approximate surface area is 211 Å². The van der Waals surface area contributed by atoms with E-state index in [0.717, 1.165) is 5.56 Å². The van der Waals surface area contributed by atoms with Crippen molar-refractivity contribution in [3.63, 3.8) is 0 Å². The SMILES string of the molecule is COc1cc(NNC(=O)[C@H]2CC(=O)N(c3ccc(F)cc3)C2)cc(Cl)c1OCc1ccccc1Cl. The second kappa shape index (κ2) is 10.8. The average molecular weight is 518 g/mol. The van der Waals surface area contributed by atoms with Crippen molar-refractivity contribution in [3.8, 4) is 11.5 Å². The van der Waals surface area contributed by atoms with E-state index in [1.165, 1.54) is 36.3 Å². The summed E-state index contributed by atoms with van der Waals surface area (Å²) in [5.41, 5.74) is 7.21. The van der Waals surface area contributed by atoms with Crippen molar-refractivity contribution in [1.82, 2.24) is 5.43 Å². The van der Waals surface area contributed by atoms with Crippen molar-refractivity contribution in [2.45, 2.75) is 13.0 Å². The number of benzene rings is 3. The van der Waals surface area contributed by atoms with Gasteiger partial charge < -0.3 is 14.4 Å². The summed E-state index contributed by atoms with van der Waals surface area (Å²) in [6.45, 7) is 0.385. The van der Waals surface area contributed by atoms with E-state index in [4.69, 9.17) is 32.7 Å². The fourth-order valence-electron chi connectivity index (χ4n) is 3.69. The molecule has 0 spiro atoms. The first-order chi connectivity index (χ1) is 16.9. The number of carbonyl (C=O) groups excluding carboxylic acids is 2. The van der Waals surface area contributed by atoms with Crippen LogP contribution in [0.15, 0.2) is 60.7 Å². The van der Waals surface area contributed by atoms with Crippen molar-refractivity contribution in [1.29, 1.82) is 0 Å². The van der Waals surface area contributed by atoms with E-state index in [0.29, 0.717) is 27.9 Å². The normalized spacial score (nSPS) is 15.1. The number of hydrazine groups is 1. The van der Waals surface area contributed by atoms with Crippen LogP contribution in [-0.2, 0) is 16.2 Å². The number of methoxy groups -OCH3 is 1. The molecule has 1 aliphatic rings. The fourth-order valence-corrected chi connectivity index (χ4v) is 4.14. The second-order valence-corrected chi connectivity index (χ2v) is 8.68. The molecule has 3 aromatic rings. The maximum Gasteiger partial charge on any atom is 0.243 e. The molecular weight excluding hydrogens is 496 g/mol. The third-order valence-corrected chi connectivity index (χ3v) is 6.17. The molecule has 2 N–H and O–H groups in total. The van der Waals surface area contributed by atoms with Crippen LogP contribution >= 0.6 is 23.2 Å². The minimum Gasteiger partial charge on any atom is -0.493 e. The Morgan fingerprint density at radius 3 is 2.57 bits per heavy atom. The standard InChI is InChI=1S/C25H22Cl2FN3O4/c1-34-22-12-18(11-21(27)24(22)35-14-15-4-2-3-5-20(15)26)29-30-25(33)16-10-23(32)31(13-16)19-8-6-17(28)7-9-19/h2-9,11-12,16,29H,10,13-14H2,1H3,(H,30,33)/t16-/m0/s1. The molecule has 3 aromatic carbocycles. The molecule has 7 nitrogen and oxygen atoms in total. The van der Waals surface area contributed by atoms with Crippen LogP contribution in [0.5, 0.6) is 11.5 Å². The largest absolute Gasteiger partial charge is 0.493 e. The molecule has 0 aliphatic carbocycles. The highest BCUT2D eigenvalue weighted by molar-refractivity contribution is 6.32. The van der Waals surface area contributed by atoms with E-state index in [9.17, 15) is 14.0 Å². The summed E-state index contributed by atoms with van der Waals surface area (Å²) in [5, 5.41) is 0.846. The van der Waals surface area contributed by atoms with Gasteiger partial charge in [0.2, 0.25) is 11.8 Å². The van der Waals surface area contributed by atoms with E-state index in [1.807, 2.05) is 18.2 Å². The number of hydrogen-bond acceptors (Lipinski definition) is 5. The molecule has 1 fully saturated rings. The van der Waals surface area contributed by atoms with Crippen LogP contribution in [0.3, 0.4) is 0 Å². The number of nitrogens with one attached hydrogen (secondary N) is 2. The van der Waals surface area contributed by atoms with Crippen molar-refractivity contribution >= 4 is 46.4 Å². The molecule has 1 aliphatic heterocycles. The van der Waals surface area contributed by atoms with Gasteiger partial charge in [-0.25, -0.2) is 4.39 Å². The Kier molecular flexibility index (Phi) is 7.63. The summed E-state index contributed by atoms with van der Waals surface area (Å²) >= 11 is 12.6. The maximum absolute atomic E-state index is 13.2. The van der Waals surface area contributed by atoms with Gasteiger partial charge in [0.15, 0.2) is 11.5 Å². The van der Waals surface area contributed by atoms with Gasteiger partial charge >= 0.3 is 0 Å². The molecule has 0 bridgehead atoms. The summed E-state index contributed by atoms with van der Waals surface area (Å²) in [5.74, 6) is -0.843. The van der Waals surface area contributed by atoms with E-state index in [2.05, 4.69) is 10.9 Å². The van der Waals surface area contributed by atoms with Gasteiger partial charge in [-0.2, -0.15) is 0 Å². The van der Waals surface area contributed by atoms with E-state index < -0.39 is 11.7 Å². The first kappa shape index (κ1) is 24.6. The van der Waals surface area contributed by atoms with Crippen LogP contribution in [0.2, 0.25) is 10.0 Å². The number of amides is 2. The lowest BCUT2D eigenvalue weighted by Gasteiger charge is -2.18. The van der Waals surface area contributed by atoms with Gasteiger partial charge in [0.25, 0.3) is 0 Å². The van der Waals surface area contributed by atoms with E-state index in [-0.39, 0.29) is 36.4 Å². The molecule has 0 saturated carbocycles.